The van der Waals surface area contributed by atoms with Crippen molar-refractivity contribution < 1.29 is 19.7 Å². The number of aliphatic hydroxyl groups excluding tert-OH is 2. The minimum Gasteiger partial charge on any atom is -0.390 e. The zero-order valence-corrected chi connectivity index (χ0v) is 18.5. The minimum absolute atomic E-state index is 0.0489. The van der Waals surface area contributed by atoms with E-state index in [1.807, 2.05) is 0 Å². The van der Waals surface area contributed by atoms with Gasteiger partial charge in [0.2, 0.25) is 0 Å². The Kier molecular flexibility index (Phi) is 4.51. The average molecular weight is 421 g/mol. The maximum atomic E-state index is 10.5. The molecule has 30 heavy (non-hydrogen) atoms. The first-order chi connectivity index (χ1) is 14.3. The Morgan fingerprint density at radius 2 is 1.00 bits per heavy atom. The summed E-state index contributed by atoms with van der Waals surface area (Å²) < 4.78 is 11.1. The van der Waals surface area contributed by atoms with Crippen LogP contribution < -0.4 is 11.5 Å². The fourth-order valence-electron chi connectivity index (χ4n) is 10.3. The zero-order chi connectivity index (χ0) is 21.0. The first-order valence-corrected chi connectivity index (χ1v) is 12.3. The van der Waals surface area contributed by atoms with Crippen molar-refractivity contribution in [1.29, 1.82) is 0 Å². The third kappa shape index (κ3) is 2.36. The molecule has 6 heteroatoms. The smallest absolute Gasteiger partial charge is 0.0836 e. The highest BCUT2D eigenvalue weighted by atomic mass is 16.5. The number of methoxy groups -OCH3 is 2. The third-order valence-corrected chi connectivity index (χ3v) is 11.6. The van der Waals surface area contributed by atoms with Gasteiger partial charge in [0, 0.05) is 26.3 Å². The van der Waals surface area contributed by atoms with E-state index in [2.05, 4.69) is 0 Å². The van der Waals surface area contributed by atoms with Gasteiger partial charge in [0.15, 0.2) is 0 Å². The lowest BCUT2D eigenvalue weighted by molar-refractivity contribution is 0.00612. The van der Waals surface area contributed by atoms with Crippen LogP contribution in [0, 0.1) is 46.3 Å². The van der Waals surface area contributed by atoms with Crippen LogP contribution in [0.25, 0.3) is 0 Å². The summed E-state index contributed by atoms with van der Waals surface area (Å²) in [5.74, 6) is 3.80. The molecule has 0 heterocycles. The number of rotatable bonds is 3. The Morgan fingerprint density at radius 3 is 1.30 bits per heavy atom. The second-order valence-electron chi connectivity index (χ2n) is 12.0. The molecule has 6 N–H and O–H groups in total. The van der Waals surface area contributed by atoms with Crippen molar-refractivity contribution >= 4 is 0 Å². The van der Waals surface area contributed by atoms with Crippen LogP contribution in [0.5, 0.6) is 0 Å². The van der Waals surface area contributed by atoms with Gasteiger partial charge in [0.1, 0.15) is 0 Å². The molecule has 2 spiro atoms. The predicted octanol–water partition coefficient (Wildman–Crippen LogP) is 1.27. The van der Waals surface area contributed by atoms with E-state index in [-0.39, 0.29) is 47.3 Å². The molecule has 0 amide bonds. The number of fused-ring (bicyclic) bond motifs is 6. The molecule has 4 bridgehead atoms. The second kappa shape index (κ2) is 6.64. The number of aliphatic hydroxyl groups is 2. The van der Waals surface area contributed by atoms with Gasteiger partial charge >= 0.3 is 0 Å². The standard InChI is InChI=1S/C24H40N2O4/c1-29-19-9-23(7-17(19)27)11-3-13(15(5-11)21(23)25)14-4-12-6-16(14)22(26)24(12)8-18(28)20(10-24)30-2/h11-22,27-28H,3-10,25-26H2,1-2H3/t11-,12?,13?,14?,15-,16?,17?,18?,19+,20-,21+,22?,23-,24?/m1/s1. The molecule has 0 radical (unpaired) electrons. The largest absolute Gasteiger partial charge is 0.390 e. The lowest BCUT2D eigenvalue weighted by Crippen LogP contribution is -2.53. The lowest BCUT2D eigenvalue weighted by Gasteiger charge is -2.49. The molecule has 8 unspecified atom stereocenters. The van der Waals surface area contributed by atoms with Crippen molar-refractivity contribution in [3.8, 4) is 0 Å². The molecular weight excluding hydrogens is 380 g/mol. The molecule has 14 atom stereocenters. The van der Waals surface area contributed by atoms with Gasteiger partial charge in [0.05, 0.1) is 24.4 Å². The zero-order valence-electron chi connectivity index (χ0n) is 18.5. The number of hydrogen-bond acceptors (Lipinski definition) is 6. The summed E-state index contributed by atoms with van der Waals surface area (Å²) in [6.07, 6.45) is 7.64. The summed E-state index contributed by atoms with van der Waals surface area (Å²) in [4.78, 5) is 0. The van der Waals surface area contributed by atoms with Crippen molar-refractivity contribution in [2.75, 3.05) is 14.2 Å². The Bertz CT molecular complexity index is 641. The van der Waals surface area contributed by atoms with Crippen molar-refractivity contribution in [2.24, 2.45) is 57.8 Å². The molecule has 6 aliphatic rings. The summed E-state index contributed by atoms with van der Waals surface area (Å²) in [5, 5.41) is 21.0. The Morgan fingerprint density at radius 1 is 0.633 bits per heavy atom. The van der Waals surface area contributed by atoms with Crippen LogP contribution in [0.1, 0.15) is 51.4 Å². The fourth-order valence-corrected chi connectivity index (χ4v) is 10.3. The summed E-state index contributed by atoms with van der Waals surface area (Å²) in [7, 11) is 3.43. The molecule has 0 saturated heterocycles. The van der Waals surface area contributed by atoms with Crippen molar-refractivity contribution in [3.63, 3.8) is 0 Å². The van der Waals surface area contributed by atoms with E-state index in [0.29, 0.717) is 35.5 Å². The molecular formula is C24H40N2O4. The summed E-state index contributed by atoms with van der Waals surface area (Å²) in [6, 6.07) is 0.373. The summed E-state index contributed by atoms with van der Waals surface area (Å²) in [6.45, 7) is 0. The number of nitrogens with two attached hydrogens (primary N) is 2. The van der Waals surface area contributed by atoms with Gasteiger partial charge < -0.3 is 31.2 Å². The monoisotopic (exact) mass is 420 g/mol. The molecule has 0 aromatic heterocycles. The number of ether oxygens (including phenoxy) is 2. The van der Waals surface area contributed by atoms with Crippen molar-refractivity contribution in [2.45, 2.75) is 87.9 Å². The van der Waals surface area contributed by atoms with Crippen LogP contribution in [-0.4, -0.2) is 60.9 Å². The topological polar surface area (TPSA) is 111 Å². The molecule has 0 aromatic carbocycles. The van der Waals surface area contributed by atoms with Gasteiger partial charge in [-0.25, -0.2) is 0 Å². The van der Waals surface area contributed by atoms with E-state index < -0.39 is 0 Å². The molecule has 0 aromatic rings. The van der Waals surface area contributed by atoms with Gasteiger partial charge in [-0.15, -0.1) is 0 Å². The first-order valence-electron chi connectivity index (χ1n) is 12.3. The van der Waals surface area contributed by atoms with E-state index in [0.717, 1.165) is 25.7 Å². The van der Waals surface area contributed by atoms with Crippen LogP contribution in [0.3, 0.4) is 0 Å². The molecule has 0 aliphatic heterocycles. The maximum Gasteiger partial charge on any atom is 0.0836 e. The maximum absolute atomic E-state index is 10.5. The predicted molar refractivity (Wildman–Crippen MR) is 112 cm³/mol. The summed E-state index contributed by atoms with van der Waals surface area (Å²) >= 11 is 0. The minimum atomic E-state index is -0.364. The summed E-state index contributed by atoms with van der Waals surface area (Å²) in [5.41, 5.74) is 14.1. The van der Waals surface area contributed by atoms with Gasteiger partial charge in [0.25, 0.3) is 0 Å². The van der Waals surface area contributed by atoms with Gasteiger partial charge in [-0.2, -0.15) is 0 Å². The fraction of sp³-hybridized carbons (Fsp3) is 1.00. The van der Waals surface area contributed by atoms with E-state index in [9.17, 15) is 10.2 Å². The SMILES string of the molecule is CO[C@H]1C[C@]2(CC1O)[C@@H]1CC(C3CC4CC3C(N)C43CC(O)[C@H](OC)C3)[C@@H](C1)[C@@H]2N. The first kappa shape index (κ1) is 20.4. The molecule has 6 nitrogen and oxygen atoms in total. The molecule has 6 rings (SSSR count). The van der Waals surface area contributed by atoms with Crippen LogP contribution >= 0.6 is 0 Å². The van der Waals surface area contributed by atoms with E-state index in [4.69, 9.17) is 20.9 Å². The molecule has 170 valence electrons. The molecule has 6 aliphatic carbocycles. The van der Waals surface area contributed by atoms with Crippen molar-refractivity contribution in [1.82, 2.24) is 0 Å². The van der Waals surface area contributed by atoms with Crippen LogP contribution in [0.4, 0.5) is 0 Å². The quantitative estimate of drug-likeness (QED) is 0.547. The Labute approximate surface area is 180 Å². The third-order valence-electron chi connectivity index (χ3n) is 11.6. The molecule has 6 saturated carbocycles. The van der Waals surface area contributed by atoms with Gasteiger partial charge in [-0.3, -0.25) is 0 Å². The highest BCUT2D eigenvalue weighted by Crippen LogP contribution is 2.71. The average Bonchev–Trinajstić information content (AvgIpc) is 3.52. The van der Waals surface area contributed by atoms with Crippen molar-refractivity contribution in [3.05, 3.63) is 0 Å². The highest BCUT2D eigenvalue weighted by Gasteiger charge is 2.69. The van der Waals surface area contributed by atoms with E-state index in [1.165, 1.54) is 25.7 Å². The van der Waals surface area contributed by atoms with Crippen LogP contribution in [-0.2, 0) is 9.47 Å². The lowest BCUT2D eigenvalue weighted by atomic mass is 9.58. The normalized spacial score (nSPS) is 63.8. The Hall–Kier alpha value is -0.240. The Balaban J connectivity index is 1.19. The highest BCUT2D eigenvalue weighted by molar-refractivity contribution is 5.21. The van der Waals surface area contributed by atoms with E-state index in [1.54, 1.807) is 14.2 Å². The van der Waals surface area contributed by atoms with E-state index >= 15 is 0 Å². The molecule has 6 fully saturated rings. The number of hydrogen-bond donors (Lipinski definition) is 4. The second-order valence-corrected chi connectivity index (χ2v) is 12.0. The van der Waals surface area contributed by atoms with Crippen LogP contribution in [0.15, 0.2) is 0 Å². The van der Waals surface area contributed by atoms with Gasteiger partial charge in [-0.05, 0) is 97.7 Å². The van der Waals surface area contributed by atoms with Gasteiger partial charge in [-0.1, -0.05) is 0 Å². The van der Waals surface area contributed by atoms with Crippen LogP contribution in [0.2, 0.25) is 0 Å².